The van der Waals surface area contributed by atoms with E-state index in [4.69, 9.17) is 0 Å². The van der Waals surface area contributed by atoms with Gasteiger partial charge in [-0.1, -0.05) is 32.0 Å². The van der Waals surface area contributed by atoms with Crippen molar-refractivity contribution in [2.75, 3.05) is 16.8 Å². The van der Waals surface area contributed by atoms with Crippen molar-refractivity contribution in [2.45, 2.75) is 19.9 Å². The maximum atomic E-state index is 13.2. The number of amides is 1. The summed E-state index contributed by atoms with van der Waals surface area (Å²) in [7, 11) is 0. The molecule has 0 aliphatic carbocycles. The Morgan fingerprint density at radius 3 is 2.77 bits per heavy atom. The van der Waals surface area contributed by atoms with Crippen LogP contribution in [0.25, 0.3) is 5.65 Å². The van der Waals surface area contributed by atoms with Crippen LogP contribution in [0.1, 0.15) is 24.2 Å². The first-order valence-electron chi connectivity index (χ1n) is 8.70. The summed E-state index contributed by atoms with van der Waals surface area (Å²) >= 11 is 0. The Labute approximate surface area is 151 Å². The number of anilines is 2. The number of hydrogen-bond donors (Lipinski definition) is 1. The largest absolute Gasteiger partial charge is 0.379 e. The topological polar surface area (TPSA) is 66.7 Å². The number of carbonyl (C=O) groups excluding carboxylic acids is 1. The molecule has 1 aromatic carbocycles. The average Bonchev–Trinajstić information content (AvgIpc) is 2.67. The summed E-state index contributed by atoms with van der Waals surface area (Å²) in [5.41, 5.74) is 1.94. The first kappa shape index (κ1) is 16.3. The molecule has 2 aromatic heterocycles. The van der Waals surface area contributed by atoms with Crippen molar-refractivity contribution in [2.24, 2.45) is 5.92 Å². The molecule has 6 nitrogen and oxygen atoms in total. The lowest BCUT2D eigenvalue weighted by atomic mass is 9.99. The number of benzene rings is 1. The van der Waals surface area contributed by atoms with Crippen molar-refractivity contribution in [3.63, 3.8) is 0 Å². The number of para-hydroxylation sites is 2. The Bertz CT molecular complexity index is 1040. The van der Waals surface area contributed by atoms with Crippen LogP contribution in [0, 0.1) is 5.92 Å². The third-order valence-corrected chi connectivity index (χ3v) is 4.81. The highest BCUT2D eigenvalue weighted by Crippen LogP contribution is 2.32. The highest BCUT2D eigenvalue weighted by atomic mass is 16.2. The molecule has 1 atom stereocenters. The van der Waals surface area contributed by atoms with E-state index in [0.717, 1.165) is 11.4 Å². The standard InChI is InChI=1S/C20H20N4O2/c1-13(2)16-12-24(17-8-4-3-7-15(17)22-16)20(26)14-11-21-18-9-5-6-10-23(18)19(14)25/h3-11,13,16,22H,12H2,1-2H3. The van der Waals surface area contributed by atoms with Crippen molar-refractivity contribution in [3.05, 3.63) is 70.8 Å². The summed E-state index contributed by atoms with van der Waals surface area (Å²) in [5.74, 6) is 0.0230. The number of hydrogen-bond acceptors (Lipinski definition) is 4. The van der Waals surface area contributed by atoms with Crippen molar-refractivity contribution in [3.8, 4) is 0 Å². The molecule has 0 spiro atoms. The van der Waals surface area contributed by atoms with Crippen molar-refractivity contribution in [1.29, 1.82) is 0 Å². The molecular weight excluding hydrogens is 328 g/mol. The van der Waals surface area contributed by atoms with Gasteiger partial charge in [-0.15, -0.1) is 0 Å². The van der Waals surface area contributed by atoms with Crippen molar-refractivity contribution in [1.82, 2.24) is 9.38 Å². The van der Waals surface area contributed by atoms with E-state index in [1.165, 1.54) is 10.6 Å². The fourth-order valence-electron chi connectivity index (χ4n) is 3.26. The van der Waals surface area contributed by atoms with Gasteiger partial charge in [0.1, 0.15) is 11.2 Å². The van der Waals surface area contributed by atoms with Crippen LogP contribution < -0.4 is 15.8 Å². The molecule has 1 aliphatic rings. The third-order valence-electron chi connectivity index (χ3n) is 4.81. The SMILES string of the molecule is CC(C)C1CN(C(=O)c2cnc3ccccn3c2=O)c2ccccc2N1. The molecule has 6 heteroatoms. The van der Waals surface area contributed by atoms with Gasteiger partial charge in [0, 0.05) is 25.0 Å². The van der Waals surface area contributed by atoms with Gasteiger partial charge in [0.25, 0.3) is 11.5 Å². The Kier molecular flexibility index (Phi) is 3.95. The van der Waals surface area contributed by atoms with E-state index >= 15 is 0 Å². The quantitative estimate of drug-likeness (QED) is 0.773. The van der Waals surface area contributed by atoms with Crippen molar-refractivity contribution >= 4 is 22.9 Å². The van der Waals surface area contributed by atoms with E-state index in [2.05, 4.69) is 24.1 Å². The van der Waals surface area contributed by atoms with Crippen LogP contribution in [0.2, 0.25) is 0 Å². The molecule has 1 unspecified atom stereocenters. The summed E-state index contributed by atoms with van der Waals surface area (Å²) in [6, 6.07) is 13.1. The lowest BCUT2D eigenvalue weighted by Crippen LogP contribution is -2.48. The highest BCUT2D eigenvalue weighted by Gasteiger charge is 2.31. The number of rotatable bonds is 2. The van der Waals surface area contributed by atoms with Crippen LogP contribution in [0.5, 0.6) is 0 Å². The molecule has 1 N–H and O–H groups in total. The number of carbonyl (C=O) groups is 1. The molecule has 0 saturated heterocycles. The predicted molar refractivity (Wildman–Crippen MR) is 102 cm³/mol. The molecule has 26 heavy (non-hydrogen) atoms. The van der Waals surface area contributed by atoms with E-state index in [9.17, 15) is 9.59 Å². The minimum absolute atomic E-state index is 0.0768. The lowest BCUT2D eigenvalue weighted by molar-refractivity contribution is 0.0981. The van der Waals surface area contributed by atoms with E-state index in [1.54, 1.807) is 23.2 Å². The second-order valence-electron chi connectivity index (χ2n) is 6.83. The van der Waals surface area contributed by atoms with Gasteiger partial charge in [-0.2, -0.15) is 0 Å². The molecule has 4 rings (SSSR count). The van der Waals surface area contributed by atoms with E-state index in [-0.39, 0.29) is 23.1 Å². The minimum Gasteiger partial charge on any atom is -0.379 e. The zero-order valence-corrected chi connectivity index (χ0v) is 14.7. The number of aromatic nitrogens is 2. The Morgan fingerprint density at radius 1 is 1.19 bits per heavy atom. The Morgan fingerprint density at radius 2 is 1.96 bits per heavy atom. The number of pyridine rings is 1. The van der Waals surface area contributed by atoms with Gasteiger partial charge >= 0.3 is 0 Å². The summed E-state index contributed by atoms with van der Waals surface area (Å²) in [6.07, 6.45) is 3.01. The maximum absolute atomic E-state index is 13.2. The van der Waals surface area contributed by atoms with Gasteiger partial charge in [-0.05, 0) is 30.2 Å². The third kappa shape index (κ3) is 2.63. The second-order valence-corrected chi connectivity index (χ2v) is 6.83. The van der Waals surface area contributed by atoms with Gasteiger partial charge in [0.15, 0.2) is 0 Å². The molecule has 132 valence electrons. The number of nitrogens with zero attached hydrogens (tertiary/aromatic N) is 3. The van der Waals surface area contributed by atoms with Gasteiger partial charge < -0.3 is 10.2 Å². The van der Waals surface area contributed by atoms with Crippen LogP contribution in [-0.4, -0.2) is 27.9 Å². The van der Waals surface area contributed by atoms with Crippen LogP contribution in [0.3, 0.4) is 0 Å². The van der Waals surface area contributed by atoms with Crippen LogP contribution >= 0.6 is 0 Å². The van der Waals surface area contributed by atoms with Crippen LogP contribution in [0.15, 0.2) is 59.7 Å². The predicted octanol–water partition coefficient (Wildman–Crippen LogP) is 2.79. The molecule has 1 amide bonds. The molecule has 0 saturated carbocycles. The van der Waals surface area contributed by atoms with Gasteiger partial charge in [0.2, 0.25) is 0 Å². The van der Waals surface area contributed by atoms with E-state index in [0.29, 0.717) is 18.1 Å². The van der Waals surface area contributed by atoms with E-state index in [1.807, 2.05) is 30.3 Å². The first-order valence-corrected chi connectivity index (χ1v) is 8.70. The Hall–Kier alpha value is -3.15. The minimum atomic E-state index is -0.349. The molecule has 3 heterocycles. The van der Waals surface area contributed by atoms with Gasteiger partial charge in [0.05, 0.1) is 11.4 Å². The molecule has 0 bridgehead atoms. The normalized spacial score (nSPS) is 16.4. The summed E-state index contributed by atoms with van der Waals surface area (Å²) in [6.45, 7) is 4.73. The monoisotopic (exact) mass is 348 g/mol. The van der Waals surface area contributed by atoms with Gasteiger partial charge in [-0.3, -0.25) is 14.0 Å². The molecule has 1 aliphatic heterocycles. The lowest BCUT2D eigenvalue weighted by Gasteiger charge is -2.37. The zero-order valence-electron chi connectivity index (χ0n) is 14.7. The molecule has 0 fully saturated rings. The fraction of sp³-hybridized carbons (Fsp3) is 0.250. The van der Waals surface area contributed by atoms with Crippen LogP contribution in [-0.2, 0) is 0 Å². The van der Waals surface area contributed by atoms with Gasteiger partial charge in [-0.25, -0.2) is 4.98 Å². The Balaban J connectivity index is 1.81. The van der Waals surface area contributed by atoms with Crippen LogP contribution in [0.4, 0.5) is 11.4 Å². The molecule has 3 aromatic rings. The summed E-state index contributed by atoms with van der Waals surface area (Å²) < 4.78 is 1.40. The second kappa shape index (κ2) is 6.29. The maximum Gasteiger partial charge on any atom is 0.270 e. The zero-order chi connectivity index (χ0) is 18.3. The number of fused-ring (bicyclic) bond motifs is 2. The molecular formula is C20H20N4O2. The smallest absolute Gasteiger partial charge is 0.270 e. The average molecular weight is 348 g/mol. The number of nitrogens with one attached hydrogen (secondary N) is 1. The summed E-state index contributed by atoms with van der Waals surface area (Å²) in [5, 5.41) is 3.48. The highest BCUT2D eigenvalue weighted by molar-refractivity contribution is 6.08. The fourth-order valence-corrected chi connectivity index (χ4v) is 3.26. The van der Waals surface area contributed by atoms with Crippen molar-refractivity contribution < 1.29 is 4.79 Å². The first-order chi connectivity index (χ1) is 12.6. The molecule has 0 radical (unpaired) electrons. The van der Waals surface area contributed by atoms with E-state index < -0.39 is 0 Å². The summed E-state index contributed by atoms with van der Waals surface area (Å²) in [4.78, 5) is 32.0.